The second-order valence-electron chi connectivity index (χ2n) is 24.1. The van der Waals surface area contributed by atoms with Crippen molar-refractivity contribution in [3.05, 3.63) is 118 Å². The van der Waals surface area contributed by atoms with Crippen molar-refractivity contribution >= 4 is 44.2 Å². The number of benzene rings is 2. The fraction of sp³-hybridized carbons (Fsp3) is 0.525. The number of aliphatic hydroxyl groups excluding tert-OH is 1. The predicted octanol–water partition coefficient (Wildman–Crippen LogP) is 5.26. The molecule has 0 spiro atoms. The molecule has 432 valence electrons. The number of amides is 2. The fourth-order valence-corrected chi connectivity index (χ4v) is 12.9. The lowest BCUT2D eigenvalue weighted by atomic mass is 9.90. The van der Waals surface area contributed by atoms with Crippen molar-refractivity contribution in [3.8, 4) is 5.75 Å². The van der Waals surface area contributed by atoms with Crippen LogP contribution in [0.15, 0.2) is 72.3 Å². The van der Waals surface area contributed by atoms with Gasteiger partial charge in [-0.05, 0) is 90.3 Å². The molecular weight excluding hydrogens is 1050 g/mol. The van der Waals surface area contributed by atoms with Crippen LogP contribution in [0.5, 0.6) is 5.75 Å². The van der Waals surface area contributed by atoms with Crippen molar-refractivity contribution in [3.63, 3.8) is 0 Å². The molecule has 0 radical (unpaired) electrons. The Morgan fingerprint density at radius 1 is 0.889 bits per heavy atom. The van der Waals surface area contributed by atoms with Crippen molar-refractivity contribution in [2.45, 2.75) is 114 Å². The highest BCUT2D eigenvalue weighted by Crippen LogP contribution is 2.41. The number of fused-ring (bicyclic) bond motifs is 2. The summed E-state index contributed by atoms with van der Waals surface area (Å²) in [5.74, 6) is 0.354. The molecule has 6 aromatic rings. The minimum atomic E-state index is -3.81. The number of nitrogens with zero attached hydrogens (tertiary/aromatic N) is 12. The second-order valence-corrected chi connectivity index (χ2v) is 26.8. The Morgan fingerprint density at radius 2 is 1.63 bits per heavy atom. The van der Waals surface area contributed by atoms with Crippen LogP contribution in [0, 0.1) is 19.7 Å². The highest BCUT2D eigenvalue weighted by molar-refractivity contribution is 7.92. The number of carbonyl (C=O) groups excluding carboxylic acids is 2. The molecule has 0 aliphatic carbocycles. The molecule has 4 aliphatic heterocycles. The van der Waals surface area contributed by atoms with Gasteiger partial charge in [0.25, 0.3) is 5.91 Å². The molecular formula is C59H77FN14O6S. The molecule has 2 aromatic carbocycles. The Balaban J connectivity index is 0.696. The molecule has 4 atom stereocenters. The number of aromatic amines is 1. The summed E-state index contributed by atoms with van der Waals surface area (Å²) in [6.45, 7) is 26.1. The lowest BCUT2D eigenvalue weighted by Gasteiger charge is -2.45. The molecule has 3 fully saturated rings. The quantitative estimate of drug-likeness (QED) is 0.105. The first kappa shape index (κ1) is 57.7. The molecule has 4 aromatic heterocycles. The topological polar surface area (TPSA) is 222 Å². The normalized spacial score (nSPS) is 20.7. The van der Waals surface area contributed by atoms with Gasteiger partial charge in [-0.3, -0.25) is 34.4 Å². The summed E-state index contributed by atoms with van der Waals surface area (Å²) >= 11 is 0. The molecule has 2 amide bonds. The standard InChI is InChI=1S/C59H77FN14O6S/c1-37-31-73(34-53(75)74-35-59(8,9)55-50(74)23-42(27-62-55)54(76)41-11-13-44(60)14-12-41)45(30-61-37)33-71-20-21-72(32-38(71)2)57-63-28-43(29-64-57)56(77)70-18-16-69(17-19-70)15-10-22-80-51-26-49-46(24-52(51)81(78,79)58(5,6)7)48(65-36-66-49)25-47-39(3)40(4)67-68-47/h11-14,23-24,26-29,36-38,45,54,61,76H,10,15-22,25,30-35H2,1-9H3,(H,67,68)/t37-,38-,45-,54?/m1/s1. The molecule has 8 heterocycles. The lowest BCUT2D eigenvalue weighted by molar-refractivity contribution is -0.120. The van der Waals surface area contributed by atoms with E-state index in [2.05, 4.69) is 72.8 Å². The molecule has 3 saturated heterocycles. The monoisotopic (exact) mass is 1130 g/mol. The van der Waals surface area contributed by atoms with Crippen LogP contribution in [0.3, 0.4) is 0 Å². The van der Waals surface area contributed by atoms with Crippen LogP contribution in [0.2, 0.25) is 0 Å². The number of aromatic nitrogens is 7. The fourth-order valence-electron chi connectivity index (χ4n) is 11.5. The largest absolute Gasteiger partial charge is 0.492 e. The number of aliphatic hydroxyl groups is 1. The van der Waals surface area contributed by atoms with Crippen LogP contribution in [0.1, 0.15) is 111 Å². The van der Waals surface area contributed by atoms with Gasteiger partial charge in [0.05, 0.1) is 51.7 Å². The van der Waals surface area contributed by atoms with Gasteiger partial charge in [-0.15, -0.1) is 0 Å². The number of H-pyrrole nitrogens is 1. The van der Waals surface area contributed by atoms with Crippen LogP contribution in [-0.2, 0) is 26.5 Å². The van der Waals surface area contributed by atoms with E-state index in [-0.39, 0.29) is 58.4 Å². The highest BCUT2D eigenvalue weighted by atomic mass is 32.2. The average Bonchev–Trinajstić information content (AvgIpc) is 4.13. The molecule has 22 heteroatoms. The summed E-state index contributed by atoms with van der Waals surface area (Å²) in [5, 5.41) is 23.0. The summed E-state index contributed by atoms with van der Waals surface area (Å²) < 4.78 is 46.9. The van der Waals surface area contributed by atoms with E-state index in [1.54, 1.807) is 63.6 Å². The second kappa shape index (κ2) is 23.4. The van der Waals surface area contributed by atoms with Gasteiger partial charge in [0.2, 0.25) is 11.9 Å². The number of piperazine rings is 3. The van der Waals surface area contributed by atoms with Gasteiger partial charge in [-0.1, -0.05) is 26.0 Å². The van der Waals surface area contributed by atoms with Gasteiger partial charge in [0, 0.05) is 150 Å². The molecule has 20 nitrogen and oxygen atoms in total. The van der Waals surface area contributed by atoms with Gasteiger partial charge in [-0.2, -0.15) is 5.10 Å². The SMILES string of the molecule is Cc1[nH]nc(Cc2ncnc3cc(OCCCN4CCN(C(=O)c5cnc(N6CCN(C[C@H]7CN[C@H](C)CN7CC(=O)N7CC(C)(C)c8ncc(C(O)c9ccc(F)cc9)cc87)[C@H](C)C6)nc5)CC4)c(S(=O)(=O)C(C)(C)C)cc23)c1C. The van der Waals surface area contributed by atoms with E-state index in [0.29, 0.717) is 117 Å². The number of hydrogen-bond donors (Lipinski definition) is 3. The third kappa shape index (κ3) is 12.3. The first-order valence-electron chi connectivity index (χ1n) is 28.2. The Labute approximate surface area is 474 Å². The molecule has 0 saturated carbocycles. The zero-order chi connectivity index (χ0) is 57.5. The number of rotatable bonds is 16. The summed E-state index contributed by atoms with van der Waals surface area (Å²) in [6, 6.07) is 11.5. The van der Waals surface area contributed by atoms with Crippen LogP contribution < -0.4 is 19.9 Å². The first-order chi connectivity index (χ1) is 38.5. The van der Waals surface area contributed by atoms with Crippen LogP contribution in [0.4, 0.5) is 16.0 Å². The van der Waals surface area contributed by atoms with Gasteiger partial charge in [0.1, 0.15) is 28.9 Å². The molecule has 1 unspecified atom stereocenters. The summed E-state index contributed by atoms with van der Waals surface area (Å²) in [4.78, 5) is 64.3. The molecule has 3 N–H and O–H groups in total. The van der Waals surface area contributed by atoms with E-state index in [1.807, 2.05) is 29.7 Å². The minimum absolute atomic E-state index is 0.0151. The zero-order valence-electron chi connectivity index (χ0n) is 48.1. The number of anilines is 2. The van der Waals surface area contributed by atoms with E-state index < -0.39 is 20.7 Å². The number of aryl methyl sites for hydroxylation is 1. The number of nitrogens with one attached hydrogen (secondary N) is 2. The number of hydrogen-bond acceptors (Lipinski definition) is 17. The minimum Gasteiger partial charge on any atom is -0.492 e. The van der Waals surface area contributed by atoms with Crippen LogP contribution in [-0.4, -0.2) is 195 Å². The summed E-state index contributed by atoms with van der Waals surface area (Å²) in [7, 11) is -3.81. The van der Waals surface area contributed by atoms with E-state index >= 15 is 0 Å². The first-order valence-corrected chi connectivity index (χ1v) is 29.7. The smallest absolute Gasteiger partial charge is 0.257 e. The summed E-state index contributed by atoms with van der Waals surface area (Å²) in [6.07, 6.45) is 6.46. The summed E-state index contributed by atoms with van der Waals surface area (Å²) in [5.41, 5.74) is 6.79. The highest BCUT2D eigenvalue weighted by Gasteiger charge is 2.42. The van der Waals surface area contributed by atoms with E-state index in [4.69, 9.17) is 19.7 Å². The molecule has 4 aliphatic rings. The van der Waals surface area contributed by atoms with Crippen molar-refractivity contribution in [2.75, 3.05) is 101 Å². The maximum atomic E-state index is 14.4. The maximum absolute atomic E-state index is 14.4. The van der Waals surface area contributed by atoms with Crippen molar-refractivity contribution in [1.82, 2.24) is 60.0 Å². The van der Waals surface area contributed by atoms with Crippen LogP contribution in [0.25, 0.3) is 10.9 Å². The van der Waals surface area contributed by atoms with Crippen molar-refractivity contribution < 1.29 is 32.2 Å². The van der Waals surface area contributed by atoms with Gasteiger partial charge in [0.15, 0.2) is 9.84 Å². The predicted molar refractivity (Wildman–Crippen MR) is 308 cm³/mol. The van der Waals surface area contributed by atoms with Crippen molar-refractivity contribution in [2.24, 2.45) is 0 Å². The van der Waals surface area contributed by atoms with Gasteiger partial charge in [-0.25, -0.2) is 32.7 Å². The third-order valence-electron chi connectivity index (χ3n) is 16.7. The van der Waals surface area contributed by atoms with E-state index in [0.717, 1.165) is 48.8 Å². The Bertz CT molecular complexity index is 3370. The zero-order valence-corrected chi connectivity index (χ0v) is 48.9. The number of halogens is 1. The molecule has 0 bridgehead atoms. The maximum Gasteiger partial charge on any atom is 0.257 e. The Morgan fingerprint density at radius 3 is 2.32 bits per heavy atom. The van der Waals surface area contributed by atoms with E-state index in [9.17, 15) is 27.5 Å². The van der Waals surface area contributed by atoms with Gasteiger partial charge < -0.3 is 29.9 Å². The average molecular weight is 1130 g/mol. The van der Waals surface area contributed by atoms with Crippen molar-refractivity contribution in [1.29, 1.82) is 0 Å². The Kier molecular flexibility index (Phi) is 16.6. The molecule has 10 rings (SSSR count). The third-order valence-corrected chi connectivity index (χ3v) is 19.2. The van der Waals surface area contributed by atoms with Gasteiger partial charge >= 0.3 is 0 Å². The number of sulfone groups is 1. The number of ether oxygens (including phenoxy) is 1. The molecule has 81 heavy (non-hydrogen) atoms. The number of pyridine rings is 1. The Hall–Kier alpha value is -6.56. The number of carbonyl (C=O) groups is 2. The lowest BCUT2D eigenvalue weighted by Crippen LogP contribution is -2.63. The van der Waals surface area contributed by atoms with E-state index in [1.165, 1.54) is 18.5 Å². The van der Waals surface area contributed by atoms with Crippen LogP contribution >= 0.6 is 0 Å².